The molecule has 4 heterocycles. The monoisotopic (exact) mass is 381 g/mol. The number of likely N-dealkylation sites (tertiary alicyclic amines) is 2. The molecule has 2 fully saturated rings. The molecule has 0 saturated carbocycles. The average Bonchev–Trinajstić information content (AvgIpc) is 3.16. The van der Waals surface area contributed by atoms with E-state index in [-0.39, 0.29) is 17.2 Å². The molecular weight excluding hydrogens is 354 g/mol. The fraction of sp³-hybridized carbons (Fsp3) is 0.524. The number of hydrogen-bond donors (Lipinski definition) is 0. The maximum absolute atomic E-state index is 12.7. The topological polar surface area (TPSA) is 71.3 Å². The van der Waals surface area contributed by atoms with Crippen molar-refractivity contribution in [3.8, 4) is 0 Å². The molecule has 0 radical (unpaired) electrons. The van der Waals surface area contributed by atoms with E-state index in [1.807, 2.05) is 29.1 Å². The van der Waals surface area contributed by atoms with Gasteiger partial charge in [0.05, 0.1) is 11.8 Å². The normalized spacial score (nSPS) is 19.2. The Morgan fingerprint density at radius 1 is 1.21 bits per heavy atom. The molecule has 2 aliphatic heterocycles. The zero-order valence-corrected chi connectivity index (χ0v) is 16.4. The van der Waals surface area contributed by atoms with E-state index in [0.717, 1.165) is 57.4 Å². The number of carbonyl (C=O) groups excluding carboxylic acids is 2. The number of aromatic nitrogens is 3. The summed E-state index contributed by atoms with van der Waals surface area (Å²) in [5.41, 5.74) is 1.95. The summed E-state index contributed by atoms with van der Waals surface area (Å²) in [6.45, 7) is 3.04. The lowest BCUT2D eigenvalue weighted by atomic mass is 9.72. The zero-order chi connectivity index (χ0) is 19.6. The third-order valence-corrected chi connectivity index (χ3v) is 6.20. The summed E-state index contributed by atoms with van der Waals surface area (Å²) < 4.78 is 1.66. The highest BCUT2D eigenvalue weighted by Crippen LogP contribution is 2.40. The van der Waals surface area contributed by atoms with Gasteiger partial charge in [-0.15, -0.1) is 0 Å². The standard InChI is InChI=1S/C21H27N5O2/c1-24-15-18(14-23-24)20(28)25-11-7-21(8-12-25)6-4-19(27)26(16-21)10-5-17-3-2-9-22-13-17/h2-3,9,13-15H,4-8,10-12,16H2,1H3. The molecule has 2 aliphatic rings. The maximum atomic E-state index is 12.7. The van der Waals surface area contributed by atoms with E-state index >= 15 is 0 Å². The third kappa shape index (κ3) is 3.93. The molecule has 7 heteroatoms. The summed E-state index contributed by atoms with van der Waals surface area (Å²) in [5, 5.41) is 4.10. The Labute approximate surface area is 165 Å². The minimum Gasteiger partial charge on any atom is -0.342 e. The van der Waals surface area contributed by atoms with Crippen molar-refractivity contribution >= 4 is 11.8 Å². The van der Waals surface area contributed by atoms with Crippen LogP contribution in [0, 0.1) is 5.41 Å². The molecule has 28 heavy (non-hydrogen) atoms. The van der Waals surface area contributed by atoms with Crippen LogP contribution in [0.2, 0.25) is 0 Å². The summed E-state index contributed by atoms with van der Waals surface area (Å²) in [5.74, 6) is 0.312. The summed E-state index contributed by atoms with van der Waals surface area (Å²) in [6, 6.07) is 3.99. The van der Waals surface area contributed by atoms with Crippen molar-refractivity contribution in [1.29, 1.82) is 0 Å². The van der Waals surface area contributed by atoms with Gasteiger partial charge in [-0.1, -0.05) is 6.07 Å². The molecule has 0 unspecified atom stereocenters. The first-order valence-electron chi connectivity index (χ1n) is 9.99. The van der Waals surface area contributed by atoms with Crippen molar-refractivity contribution in [3.63, 3.8) is 0 Å². The highest BCUT2D eigenvalue weighted by Gasteiger charge is 2.41. The molecule has 1 spiro atoms. The molecule has 0 atom stereocenters. The van der Waals surface area contributed by atoms with E-state index in [1.165, 1.54) is 0 Å². The highest BCUT2D eigenvalue weighted by atomic mass is 16.2. The Morgan fingerprint density at radius 3 is 2.71 bits per heavy atom. The first-order chi connectivity index (χ1) is 13.5. The lowest BCUT2D eigenvalue weighted by Gasteiger charge is -2.47. The molecule has 2 aromatic rings. The Bertz CT molecular complexity index is 839. The van der Waals surface area contributed by atoms with Crippen LogP contribution in [0.15, 0.2) is 36.9 Å². The van der Waals surface area contributed by atoms with Gasteiger partial charge in [0.15, 0.2) is 0 Å². The number of hydrogen-bond acceptors (Lipinski definition) is 4. The van der Waals surface area contributed by atoms with Crippen molar-refractivity contribution in [3.05, 3.63) is 48.0 Å². The molecule has 148 valence electrons. The van der Waals surface area contributed by atoms with Crippen molar-refractivity contribution in [1.82, 2.24) is 24.6 Å². The zero-order valence-electron chi connectivity index (χ0n) is 16.4. The van der Waals surface area contributed by atoms with Crippen molar-refractivity contribution in [2.45, 2.75) is 32.1 Å². The minimum atomic E-state index is 0.0586. The van der Waals surface area contributed by atoms with Crippen LogP contribution in [0.4, 0.5) is 0 Å². The van der Waals surface area contributed by atoms with Gasteiger partial charge < -0.3 is 9.80 Å². The number of carbonyl (C=O) groups is 2. The molecule has 2 aromatic heterocycles. The van der Waals surface area contributed by atoms with Crippen LogP contribution >= 0.6 is 0 Å². The maximum Gasteiger partial charge on any atom is 0.257 e. The Kier molecular flexibility index (Phi) is 5.15. The van der Waals surface area contributed by atoms with Gasteiger partial charge in [0.25, 0.3) is 5.91 Å². The summed E-state index contributed by atoms with van der Waals surface area (Å²) in [7, 11) is 1.82. The van der Waals surface area contributed by atoms with Crippen LogP contribution in [0.1, 0.15) is 41.6 Å². The molecule has 0 bridgehead atoms. The van der Waals surface area contributed by atoms with Crippen LogP contribution in [-0.4, -0.2) is 62.6 Å². The molecular formula is C21H27N5O2. The average molecular weight is 381 g/mol. The van der Waals surface area contributed by atoms with Gasteiger partial charge in [0, 0.05) is 58.2 Å². The molecule has 0 N–H and O–H groups in total. The second-order valence-corrected chi connectivity index (χ2v) is 8.12. The van der Waals surface area contributed by atoms with Crippen LogP contribution in [0.3, 0.4) is 0 Å². The lowest BCUT2D eigenvalue weighted by Crippen LogP contribution is -2.52. The van der Waals surface area contributed by atoms with Gasteiger partial charge in [-0.2, -0.15) is 5.10 Å². The van der Waals surface area contributed by atoms with Crippen LogP contribution in [0.5, 0.6) is 0 Å². The third-order valence-electron chi connectivity index (χ3n) is 6.20. The van der Waals surface area contributed by atoms with Crippen molar-refractivity contribution in [2.24, 2.45) is 12.5 Å². The Balaban J connectivity index is 1.35. The van der Waals surface area contributed by atoms with E-state index in [1.54, 1.807) is 23.3 Å². The summed E-state index contributed by atoms with van der Waals surface area (Å²) >= 11 is 0. The van der Waals surface area contributed by atoms with Gasteiger partial charge in [-0.25, -0.2) is 0 Å². The van der Waals surface area contributed by atoms with E-state index in [4.69, 9.17) is 0 Å². The van der Waals surface area contributed by atoms with Crippen LogP contribution < -0.4 is 0 Å². The number of pyridine rings is 1. The van der Waals surface area contributed by atoms with Crippen molar-refractivity contribution in [2.75, 3.05) is 26.2 Å². The van der Waals surface area contributed by atoms with E-state index < -0.39 is 0 Å². The van der Waals surface area contributed by atoms with Crippen molar-refractivity contribution < 1.29 is 9.59 Å². The fourth-order valence-corrected chi connectivity index (χ4v) is 4.42. The van der Waals surface area contributed by atoms with Gasteiger partial charge in [0.1, 0.15) is 0 Å². The highest BCUT2D eigenvalue weighted by molar-refractivity contribution is 5.93. The predicted molar refractivity (Wildman–Crippen MR) is 105 cm³/mol. The number of amides is 2. The van der Waals surface area contributed by atoms with Gasteiger partial charge >= 0.3 is 0 Å². The number of piperidine rings is 2. The molecule has 2 amide bonds. The first-order valence-corrected chi connectivity index (χ1v) is 9.99. The largest absolute Gasteiger partial charge is 0.342 e. The lowest BCUT2D eigenvalue weighted by molar-refractivity contribution is -0.138. The number of aryl methyl sites for hydroxylation is 1. The molecule has 4 rings (SSSR count). The second-order valence-electron chi connectivity index (χ2n) is 8.12. The fourth-order valence-electron chi connectivity index (χ4n) is 4.42. The number of rotatable bonds is 4. The molecule has 2 saturated heterocycles. The second kappa shape index (κ2) is 7.73. The quantitative estimate of drug-likeness (QED) is 0.811. The predicted octanol–water partition coefficient (Wildman–Crippen LogP) is 1.90. The smallest absolute Gasteiger partial charge is 0.257 e. The van der Waals surface area contributed by atoms with Gasteiger partial charge in [-0.05, 0) is 42.7 Å². The van der Waals surface area contributed by atoms with Gasteiger partial charge in [-0.3, -0.25) is 19.3 Å². The van der Waals surface area contributed by atoms with E-state index in [2.05, 4.69) is 16.1 Å². The summed E-state index contributed by atoms with van der Waals surface area (Å²) in [4.78, 5) is 33.2. The Morgan fingerprint density at radius 2 is 2.04 bits per heavy atom. The SMILES string of the molecule is Cn1cc(C(=O)N2CCC3(CCC(=O)N(CCc4cccnc4)C3)CC2)cn1. The van der Waals surface area contributed by atoms with Crippen LogP contribution in [-0.2, 0) is 18.3 Å². The molecule has 0 aliphatic carbocycles. The number of nitrogens with zero attached hydrogens (tertiary/aromatic N) is 5. The van der Waals surface area contributed by atoms with Crippen LogP contribution in [0.25, 0.3) is 0 Å². The van der Waals surface area contributed by atoms with E-state index in [9.17, 15) is 9.59 Å². The molecule has 7 nitrogen and oxygen atoms in total. The van der Waals surface area contributed by atoms with E-state index in [0.29, 0.717) is 12.0 Å². The van der Waals surface area contributed by atoms with Gasteiger partial charge in [0.2, 0.25) is 5.91 Å². The Hall–Kier alpha value is -2.70. The molecule has 0 aromatic carbocycles. The summed E-state index contributed by atoms with van der Waals surface area (Å²) in [6.07, 6.45) is 11.3. The minimum absolute atomic E-state index is 0.0586. The first kappa shape index (κ1) is 18.7.